The van der Waals surface area contributed by atoms with Gasteiger partial charge in [-0.1, -0.05) is 0 Å². The van der Waals surface area contributed by atoms with Crippen molar-refractivity contribution in [3.63, 3.8) is 0 Å². The van der Waals surface area contributed by atoms with Crippen LogP contribution < -0.4 is 11.3 Å². The highest BCUT2D eigenvalue weighted by atomic mass is 35.5. The van der Waals surface area contributed by atoms with E-state index in [9.17, 15) is 8.78 Å². The predicted molar refractivity (Wildman–Crippen MR) is 63.8 cm³/mol. The number of hydrogen-bond donors (Lipinski definition) is 2. The molecule has 18 heavy (non-hydrogen) atoms. The second-order valence-corrected chi connectivity index (χ2v) is 4.17. The maximum atomic E-state index is 13.5. The minimum atomic E-state index is -0.500. The van der Waals surface area contributed by atoms with Crippen LogP contribution in [-0.2, 0) is 6.42 Å². The van der Waals surface area contributed by atoms with Gasteiger partial charge in [-0.15, -0.1) is 0 Å². The van der Waals surface area contributed by atoms with E-state index in [1.54, 1.807) is 12.1 Å². The van der Waals surface area contributed by atoms with Crippen LogP contribution >= 0.6 is 11.6 Å². The fraction of sp³-hybridized carbons (Fsp3) is 0.167. The first-order valence-corrected chi connectivity index (χ1v) is 5.63. The summed E-state index contributed by atoms with van der Waals surface area (Å²) in [4.78, 5) is 0. The average molecular weight is 273 g/mol. The third-order valence-electron chi connectivity index (χ3n) is 2.57. The van der Waals surface area contributed by atoms with Gasteiger partial charge in [0.25, 0.3) is 0 Å². The summed E-state index contributed by atoms with van der Waals surface area (Å²) >= 11 is 5.65. The Hall–Kier alpha value is -1.43. The molecule has 2 rings (SSSR count). The summed E-state index contributed by atoms with van der Waals surface area (Å²) in [6, 6.07) is 5.98. The van der Waals surface area contributed by atoms with E-state index < -0.39 is 17.7 Å². The van der Waals surface area contributed by atoms with Gasteiger partial charge >= 0.3 is 0 Å². The Morgan fingerprint density at radius 1 is 1.28 bits per heavy atom. The molecule has 0 radical (unpaired) electrons. The first kappa shape index (κ1) is 13.0. The van der Waals surface area contributed by atoms with Crippen molar-refractivity contribution < 1.29 is 13.2 Å². The van der Waals surface area contributed by atoms with E-state index in [2.05, 4.69) is 5.43 Å². The third kappa shape index (κ3) is 2.87. The molecule has 1 aromatic carbocycles. The van der Waals surface area contributed by atoms with E-state index in [4.69, 9.17) is 21.9 Å². The lowest BCUT2D eigenvalue weighted by Crippen LogP contribution is -2.29. The van der Waals surface area contributed by atoms with Gasteiger partial charge in [0, 0.05) is 0 Å². The molecule has 0 fully saturated rings. The van der Waals surface area contributed by atoms with Crippen LogP contribution in [0.15, 0.2) is 34.7 Å². The van der Waals surface area contributed by atoms with E-state index in [1.807, 2.05) is 0 Å². The van der Waals surface area contributed by atoms with Crippen LogP contribution in [-0.4, -0.2) is 0 Å². The summed E-state index contributed by atoms with van der Waals surface area (Å²) in [5.74, 6) is 4.85. The van der Waals surface area contributed by atoms with Crippen molar-refractivity contribution in [2.24, 2.45) is 5.84 Å². The molecule has 0 saturated carbocycles. The van der Waals surface area contributed by atoms with Crippen molar-refractivity contribution in [1.29, 1.82) is 0 Å². The van der Waals surface area contributed by atoms with Gasteiger partial charge in [-0.2, -0.15) is 0 Å². The van der Waals surface area contributed by atoms with Gasteiger partial charge in [-0.25, -0.2) is 14.2 Å². The second-order valence-electron chi connectivity index (χ2n) is 3.80. The lowest BCUT2D eigenvalue weighted by atomic mass is 10.0. The molecule has 96 valence electrons. The molecule has 0 aliphatic carbocycles. The molecule has 1 heterocycles. The Kier molecular flexibility index (Phi) is 3.96. The lowest BCUT2D eigenvalue weighted by Gasteiger charge is -2.13. The van der Waals surface area contributed by atoms with Crippen LogP contribution in [0.1, 0.15) is 17.4 Å². The largest absolute Gasteiger partial charge is 0.448 e. The van der Waals surface area contributed by atoms with E-state index in [0.29, 0.717) is 5.76 Å². The average Bonchev–Trinajstić information content (AvgIpc) is 2.77. The zero-order valence-corrected chi connectivity index (χ0v) is 10.0. The van der Waals surface area contributed by atoms with Gasteiger partial charge in [0.05, 0.1) is 6.04 Å². The Morgan fingerprint density at radius 2 is 2.06 bits per heavy atom. The Labute approximate surface area is 108 Å². The maximum absolute atomic E-state index is 13.5. The molecule has 2 aromatic rings. The maximum Gasteiger partial charge on any atom is 0.193 e. The fourth-order valence-corrected chi connectivity index (χ4v) is 1.83. The molecular weight excluding hydrogens is 262 g/mol. The summed E-state index contributed by atoms with van der Waals surface area (Å²) in [5.41, 5.74) is 2.70. The van der Waals surface area contributed by atoms with Gasteiger partial charge in [0.1, 0.15) is 17.4 Å². The number of halogens is 3. The van der Waals surface area contributed by atoms with Crippen molar-refractivity contribution in [2.45, 2.75) is 12.5 Å². The van der Waals surface area contributed by atoms with Crippen molar-refractivity contribution in [3.05, 3.63) is 58.5 Å². The van der Waals surface area contributed by atoms with Crippen LogP contribution in [0, 0.1) is 11.6 Å². The van der Waals surface area contributed by atoms with Gasteiger partial charge in [0.15, 0.2) is 5.22 Å². The number of hydrazine groups is 1. The summed E-state index contributed by atoms with van der Waals surface area (Å²) in [6.45, 7) is 0. The van der Waals surface area contributed by atoms with Crippen molar-refractivity contribution in [2.75, 3.05) is 0 Å². The summed E-state index contributed by atoms with van der Waals surface area (Å²) in [7, 11) is 0. The molecule has 3 N–H and O–H groups in total. The van der Waals surface area contributed by atoms with Crippen LogP contribution in [0.5, 0.6) is 0 Å². The third-order valence-corrected chi connectivity index (χ3v) is 2.77. The molecule has 0 saturated heterocycles. The highest BCUT2D eigenvalue weighted by Gasteiger charge is 2.17. The molecular formula is C12H11ClF2N2O. The summed E-state index contributed by atoms with van der Waals surface area (Å²) in [5, 5.41) is 0.213. The molecule has 0 spiro atoms. The molecule has 1 atom stereocenters. The highest BCUT2D eigenvalue weighted by molar-refractivity contribution is 6.28. The molecule has 3 nitrogen and oxygen atoms in total. The SMILES string of the molecule is NNC(Cc1cc(F)ccc1F)c1ccc(Cl)o1. The van der Waals surface area contributed by atoms with Crippen molar-refractivity contribution >= 4 is 11.6 Å². The van der Waals surface area contributed by atoms with E-state index in [1.165, 1.54) is 0 Å². The molecule has 0 aliphatic heterocycles. The van der Waals surface area contributed by atoms with E-state index in [-0.39, 0.29) is 17.2 Å². The number of nitrogens with two attached hydrogens (primary N) is 1. The van der Waals surface area contributed by atoms with E-state index in [0.717, 1.165) is 18.2 Å². The number of benzene rings is 1. The Morgan fingerprint density at radius 3 is 2.67 bits per heavy atom. The normalized spacial score (nSPS) is 12.7. The van der Waals surface area contributed by atoms with Crippen molar-refractivity contribution in [1.82, 2.24) is 5.43 Å². The van der Waals surface area contributed by atoms with Crippen LogP contribution in [0.4, 0.5) is 8.78 Å². The zero-order valence-electron chi connectivity index (χ0n) is 9.29. The predicted octanol–water partition coefficient (Wildman–Crippen LogP) is 2.96. The minimum absolute atomic E-state index is 0.157. The van der Waals surface area contributed by atoms with Gasteiger partial charge in [-0.05, 0) is 53.9 Å². The van der Waals surface area contributed by atoms with Crippen LogP contribution in [0.2, 0.25) is 5.22 Å². The lowest BCUT2D eigenvalue weighted by molar-refractivity contribution is 0.412. The monoisotopic (exact) mass is 272 g/mol. The highest BCUT2D eigenvalue weighted by Crippen LogP contribution is 2.24. The van der Waals surface area contributed by atoms with Crippen molar-refractivity contribution in [3.8, 4) is 0 Å². The molecule has 0 amide bonds. The Balaban J connectivity index is 2.22. The van der Waals surface area contributed by atoms with Crippen LogP contribution in [0.25, 0.3) is 0 Å². The fourth-order valence-electron chi connectivity index (χ4n) is 1.68. The number of rotatable bonds is 4. The van der Waals surface area contributed by atoms with Gasteiger partial charge in [0.2, 0.25) is 0 Å². The number of nitrogens with one attached hydrogen (secondary N) is 1. The summed E-state index contributed by atoms with van der Waals surface area (Å²) < 4.78 is 31.7. The van der Waals surface area contributed by atoms with Gasteiger partial charge < -0.3 is 4.42 Å². The molecule has 1 unspecified atom stereocenters. The van der Waals surface area contributed by atoms with Crippen LogP contribution in [0.3, 0.4) is 0 Å². The number of hydrogen-bond acceptors (Lipinski definition) is 3. The topological polar surface area (TPSA) is 51.2 Å². The Bertz CT molecular complexity index is 545. The zero-order chi connectivity index (χ0) is 13.1. The molecule has 0 aliphatic rings. The molecule has 0 bridgehead atoms. The van der Waals surface area contributed by atoms with E-state index >= 15 is 0 Å². The molecule has 6 heteroatoms. The number of furan rings is 1. The van der Waals surface area contributed by atoms with Gasteiger partial charge in [-0.3, -0.25) is 5.84 Å². The standard InChI is InChI=1S/C12H11ClF2N2O/c13-12-4-3-11(18-12)10(17-16)6-7-5-8(14)1-2-9(7)15/h1-5,10,17H,6,16H2. The first-order chi connectivity index (χ1) is 8.60. The quantitative estimate of drug-likeness (QED) is 0.665. The smallest absolute Gasteiger partial charge is 0.193 e. The summed E-state index contributed by atoms with van der Waals surface area (Å²) in [6.07, 6.45) is 0.157. The minimum Gasteiger partial charge on any atom is -0.448 e. The second kappa shape index (κ2) is 5.48. The molecule has 1 aromatic heterocycles. The first-order valence-electron chi connectivity index (χ1n) is 5.25.